The first kappa shape index (κ1) is 19.6. The van der Waals surface area contributed by atoms with Crippen molar-refractivity contribution in [3.63, 3.8) is 0 Å². The number of fused-ring (bicyclic) bond motifs is 1. The van der Waals surface area contributed by atoms with E-state index in [2.05, 4.69) is 65.9 Å². The number of nitrogens with zero attached hydrogens (tertiary/aromatic N) is 2. The lowest BCUT2D eigenvalue weighted by molar-refractivity contribution is 0.216. The number of hydrogen-bond acceptors (Lipinski definition) is 3. The minimum Gasteiger partial charge on any atom is -0.493 e. The molecule has 0 radical (unpaired) electrons. The molecule has 0 saturated heterocycles. The number of aromatic nitrogens is 1. The van der Waals surface area contributed by atoms with E-state index in [1.54, 1.807) is 14.2 Å². The Balaban J connectivity index is 1.80. The van der Waals surface area contributed by atoms with Crippen LogP contribution in [0.3, 0.4) is 0 Å². The molecule has 4 heteroatoms. The number of rotatable bonds is 5. The van der Waals surface area contributed by atoms with Crippen LogP contribution in [0.4, 0.5) is 0 Å². The van der Waals surface area contributed by atoms with E-state index in [4.69, 9.17) is 9.47 Å². The quantitative estimate of drug-likeness (QED) is 0.605. The van der Waals surface area contributed by atoms with Crippen molar-refractivity contribution in [1.82, 2.24) is 9.47 Å². The van der Waals surface area contributed by atoms with Gasteiger partial charge in [-0.1, -0.05) is 35.9 Å². The average Bonchev–Trinajstić information content (AvgIpc) is 3.11. The molecule has 3 aromatic rings. The van der Waals surface area contributed by atoms with Gasteiger partial charge in [-0.2, -0.15) is 0 Å². The highest BCUT2D eigenvalue weighted by Gasteiger charge is 2.29. The maximum Gasteiger partial charge on any atom is 0.165 e. The first-order valence-corrected chi connectivity index (χ1v) is 10.3. The zero-order chi connectivity index (χ0) is 20.4. The molecular weight excluding hydrogens is 360 g/mol. The fourth-order valence-corrected chi connectivity index (χ4v) is 4.52. The maximum atomic E-state index is 5.72. The van der Waals surface area contributed by atoms with Gasteiger partial charge >= 0.3 is 0 Å². The van der Waals surface area contributed by atoms with Crippen LogP contribution in [0.2, 0.25) is 0 Å². The molecule has 1 aliphatic heterocycles. The fraction of sp³-hybridized carbons (Fsp3) is 0.360. The minimum absolute atomic E-state index is 0.211. The molecule has 0 unspecified atom stereocenters. The zero-order valence-electron chi connectivity index (χ0n) is 17.8. The Labute approximate surface area is 173 Å². The summed E-state index contributed by atoms with van der Waals surface area (Å²) in [7, 11) is 3.41. The van der Waals surface area contributed by atoms with Crippen LogP contribution in [-0.2, 0) is 13.1 Å². The van der Waals surface area contributed by atoms with Gasteiger partial charge in [0.15, 0.2) is 11.5 Å². The van der Waals surface area contributed by atoms with Crippen molar-refractivity contribution >= 4 is 0 Å². The fourth-order valence-electron chi connectivity index (χ4n) is 4.52. The molecule has 152 valence electrons. The molecule has 0 fully saturated rings. The third kappa shape index (κ3) is 3.77. The van der Waals surface area contributed by atoms with Crippen molar-refractivity contribution in [3.05, 3.63) is 82.7 Å². The molecule has 0 spiro atoms. The predicted molar refractivity (Wildman–Crippen MR) is 117 cm³/mol. The lowest BCUT2D eigenvalue weighted by Crippen LogP contribution is -2.30. The molecule has 4 rings (SSSR count). The van der Waals surface area contributed by atoms with Gasteiger partial charge in [0, 0.05) is 37.1 Å². The Kier molecular flexibility index (Phi) is 5.63. The first-order chi connectivity index (χ1) is 14.1. The Morgan fingerprint density at radius 1 is 0.966 bits per heavy atom. The van der Waals surface area contributed by atoms with E-state index in [0.717, 1.165) is 43.1 Å². The van der Waals surface area contributed by atoms with Gasteiger partial charge in [0.25, 0.3) is 0 Å². The van der Waals surface area contributed by atoms with Crippen molar-refractivity contribution in [2.24, 2.45) is 0 Å². The van der Waals surface area contributed by atoms with Crippen LogP contribution in [0.1, 0.15) is 40.4 Å². The summed E-state index contributed by atoms with van der Waals surface area (Å²) in [6.07, 6.45) is 3.33. The van der Waals surface area contributed by atoms with Crippen molar-refractivity contribution in [3.8, 4) is 11.5 Å². The molecule has 2 aromatic carbocycles. The molecule has 1 aliphatic rings. The second kappa shape index (κ2) is 8.34. The summed E-state index contributed by atoms with van der Waals surface area (Å²) in [5, 5.41) is 0. The van der Waals surface area contributed by atoms with Crippen molar-refractivity contribution in [2.45, 2.75) is 39.4 Å². The number of methoxy groups -OCH3 is 2. The van der Waals surface area contributed by atoms with Gasteiger partial charge in [-0.25, -0.2) is 0 Å². The van der Waals surface area contributed by atoms with E-state index in [-0.39, 0.29) is 6.04 Å². The summed E-state index contributed by atoms with van der Waals surface area (Å²) in [6, 6.07) is 17.6. The van der Waals surface area contributed by atoms with Gasteiger partial charge in [-0.15, -0.1) is 0 Å². The summed E-state index contributed by atoms with van der Waals surface area (Å²) in [5.41, 5.74) is 6.53. The Morgan fingerprint density at radius 3 is 2.62 bits per heavy atom. The SMILES string of the molecule is COc1cccc(CN2CCCn3cccc3[C@@H]2c2cc(C)ccc2C)c1OC. The first-order valence-electron chi connectivity index (χ1n) is 10.3. The average molecular weight is 391 g/mol. The molecule has 4 nitrogen and oxygen atoms in total. The highest BCUT2D eigenvalue weighted by Crippen LogP contribution is 2.38. The van der Waals surface area contributed by atoms with E-state index in [0.29, 0.717) is 0 Å². The topological polar surface area (TPSA) is 26.6 Å². The highest BCUT2D eigenvalue weighted by atomic mass is 16.5. The highest BCUT2D eigenvalue weighted by molar-refractivity contribution is 5.47. The van der Waals surface area contributed by atoms with E-state index < -0.39 is 0 Å². The second-order valence-corrected chi connectivity index (χ2v) is 7.87. The summed E-state index contributed by atoms with van der Waals surface area (Å²) in [5.74, 6) is 1.61. The monoisotopic (exact) mass is 390 g/mol. The maximum absolute atomic E-state index is 5.72. The molecule has 0 aliphatic carbocycles. The van der Waals surface area contributed by atoms with Crippen LogP contribution in [-0.4, -0.2) is 30.2 Å². The third-order valence-electron chi connectivity index (χ3n) is 5.94. The summed E-state index contributed by atoms with van der Waals surface area (Å²) in [6.45, 7) is 7.28. The van der Waals surface area contributed by atoms with Crippen molar-refractivity contribution < 1.29 is 9.47 Å². The second-order valence-electron chi connectivity index (χ2n) is 7.87. The molecule has 0 bridgehead atoms. The van der Waals surface area contributed by atoms with Crippen LogP contribution in [0, 0.1) is 13.8 Å². The predicted octanol–water partition coefficient (Wildman–Crippen LogP) is 5.12. The Hall–Kier alpha value is -2.72. The van der Waals surface area contributed by atoms with Gasteiger partial charge in [-0.05, 0) is 49.6 Å². The summed E-state index contributed by atoms with van der Waals surface area (Å²) in [4.78, 5) is 2.58. The van der Waals surface area contributed by atoms with E-state index >= 15 is 0 Å². The Bertz CT molecular complexity index is 992. The number of aryl methyl sites for hydroxylation is 3. The number of ether oxygens (including phenoxy) is 2. The van der Waals surface area contributed by atoms with Gasteiger partial charge in [0.05, 0.1) is 20.3 Å². The van der Waals surface area contributed by atoms with Crippen LogP contribution in [0.5, 0.6) is 11.5 Å². The lowest BCUT2D eigenvalue weighted by Gasteiger charge is -2.32. The lowest BCUT2D eigenvalue weighted by atomic mass is 9.95. The van der Waals surface area contributed by atoms with Crippen LogP contribution in [0.25, 0.3) is 0 Å². The van der Waals surface area contributed by atoms with Crippen molar-refractivity contribution in [2.75, 3.05) is 20.8 Å². The van der Waals surface area contributed by atoms with Gasteiger partial charge in [-0.3, -0.25) is 4.90 Å². The zero-order valence-corrected chi connectivity index (χ0v) is 17.8. The molecule has 0 amide bonds. The number of hydrogen-bond donors (Lipinski definition) is 0. The summed E-state index contributed by atoms with van der Waals surface area (Å²) < 4.78 is 13.7. The molecule has 0 N–H and O–H groups in total. The normalized spacial score (nSPS) is 16.9. The van der Waals surface area contributed by atoms with Gasteiger partial charge in [0.1, 0.15) is 0 Å². The minimum atomic E-state index is 0.211. The standard InChI is InChI=1S/C25H30N2O2/c1-18-11-12-19(2)21(16-18)24-22-9-6-13-26(22)14-7-15-27(24)17-20-8-5-10-23(28-3)25(20)29-4/h5-6,8-13,16,24H,7,14-15,17H2,1-4H3/t24-/m0/s1. The van der Waals surface area contributed by atoms with Gasteiger partial charge in [0.2, 0.25) is 0 Å². The van der Waals surface area contributed by atoms with Crippen LogP contribution < -0.4 is 9.47 Å². The molecule has 1 atom stereocenters. The van der Waals surface area contributed by atoms with Crippen LogP contribution in [0.15, 0.2) is 54.7 Å². The molecule has 2 heterocycles. The summed E-state index contributed by atoms with van der Waals surface area (Å²) >= 11 is 0. The smallest absolute Gasteiger partial charge is 0.165 e. The Morgan fingerprint density at radius 2 is 1.83 bits per heavy atom. The molecular formula is C25H30N2O2. The molecule has 1 aromatic heterocycles. The van der Waals surface area contributed by atoms with Gasteiger partial charge < -0.3 is 14.0 Å². The van der Waals surface area contributed by atoms with E-state index in [9.17, 15) is 0 Å². The van der Waals surface area contributed by atoms with E-state index in [1.807, 2.05) is 12.1 Å². The number of para-hydroxylation sites is 1. The molecule has 29 heavy (non-hydrogen) atoms. The largest absolute Gasteiger partial charge is 0.493 e. The number of benzene rings is 2. The van der Waals surface area contributed by atoms with Crippen LogP contribution >= 0.6 is 0 Å². The van der Waals surface area contributed by atoms with E-state index in [1.165, 1.54) is 22.4 Å². The molecule has 0 saturated carbocycles. The third-order valence-corrected chi connectivity index (χ3v) is 5.94. The van der Waals surface area contributed by atoms with Crippen molar-refractivity contribution in [1.29, 1.82) is 0 Å².